The molecule has 2 N–H and O–H groups in total. The molecule has 2 rings (SSSR count). The second-order valence-electron chi connectivity index (χ2n) is 6.82. The maximum Gasteiger partial charge on any atom is 0.323 e. The second kappa shape index (κ2) is 7.07. The summed E-state index contributed by atoms with van der Waals surface area (Å²) in [5, 5.41) is 12.9. The van der Waals surface area contributed by atoms with E-state index >= 15 is 0 Å². The number of carbonyl (C=O) groups is 1. The van der Waals surface area contributed by atoms with E-state index in [9.17, 15) is 9.90 Å². The molecule has 2 fully saturated rings. The Hall–Kier alpha value is -0.650. The van der Waals surface area contributed by atoms with Crippen molar-refractivity contribution < 1.29 is 14.6 Å². The van der Waals surface area contributed by atoms with Crippen LogP contribution in [0.3, 0.4) is 0 Å². The number of piperidine rings is 1. The van der Waals surface area contributed by atoms with Crippen molar-refractivity contribution in [3.63, 3.8) is 0 Å². The van der Waals surface area contributed by atoms with Gasteiger partial charge in [0.25, 0.3) is 0 Å². The summed E-state index contributed by atoms with van der Waals surface area (Å²) < 4.78 is 5.74. The lowest BCUT2D eigenvalue weighted by molar-refractivity contribution is -0.145. The largest absolute Gasteiger partial charge is 0.480 e. The number of nitrogens with one attached hydrogen (secondary N) is 1. The van der Waals surface area contributed by atoms with Crippen LogP contribution in [-0.4, -0.2) is 59.4 Å². The maximum absolute atomic E-state index is 11.7. The van der Waals surface area contributed by atoms with E-state index in [0.29, 0.717) is 18.6 Å². The summed E-state index contributed by atoms with van der Waals surface area (Å²) in [6.07, 6.45) is 5.40. The summed E-state index contributed by atoms with van der Waals surface area (Å²) in [6.45, 7) is 8.72. The molecule has 1 aliphatic heterocycles. The molecule has 122 valence electrons. The molecule has 5 heteroatoms. The molecule has 1 heterocycles. The van der Waals surface area contributed by atoms with E-state index in [1.807, 2.05) is 13.8 Å². The molecule has 0 radical (unpaired) electrons. The zero-order valence-corrected chi connectivity index (χ0v) is 13.6. The minimum Gasteiger partial charge on any atom is -0.480 e. The molecule has 5 nitrogen and oxygen atoms in total. The summed E-state index contributed by atoms with van der Waals surface area (Å²) >= 11 is 0. The van der Waals surface area contributed by atoms with E-state index in [2.05, 4.69) is 17.1 Å². The van der Waals surface area contributed by atoms with Gasteiger partial charge in [-0.3, -0.25) is 15.0 Å². The smallest absolute Gasteiger partial charge is 0.323 e. The fraction of sp³-hybridized carbons (Fsp3) is 0.938. The molecule has 0 amide bonds. The van der Waals surface area contributed by atoms with E-state index in [-0.39, 0.29) is 6.04 Å². The lowest BCUT2D eigenvalue weighted by Gasteiger charge is -2.39. The van der Waals surface area contributed by atoms with Crippen LogP contribution in [0.4, 0.5) is 0 Å². The Morgan fingerprint density at radius 3 is 2.76 bits per heavy atom. The molecule has 0 aromatic rings. The van der Waals surface area contributed by atoms with Crippen molar-refractivity contribution in [2.75, 3.05) is 19.7 Å². The average Bonchev–Trinajstić information content (AvgIpc) is 3.23. The van der Waals surface area contributed by atoms with Crippen LogP contribution in [-0.2, 0) is 9.53 Å². The molecule has 2 aliphatic rings. The zero-order chi connectivity index (χ0) is 15.5. The third kappa shape index (κ3) is 4.66. The Morgan fingerprint density at radius 2 is 2.19 bits per heavy atom. The molecular formula is C16H30N2O3. The maximum atomic E-state index is 11.7. The van der Waals surface area contributed by atoms with E-state index < -0.39 is 11.5 Å². The summed E-state index contributed by atoms with van der Waals surface area (Å²) in [7, 11) is 0. The van der Waals surface area contributed by atoms with Crippen LogP contribution in [0, 0.1) is 0 Å². The van der Waals surface area contributed by atoms with Crippen LogP contribution in [0.15, 0.2) is 0 Å². The SMILES string of the molecule is CCOC1CCCN(C(C)CC(C)(NC2CC2)C(=O)O)C1. The van der Waals surface area contributed by atoms with Crippen molar-refractivity contribution >= 4 is 5.97 Å². The Kier molecular flexibility index (Phi) is 5.63. The lowest BCUT2D eigenvalue weighted by atomic mass is 9.91. The first kappa shape index (κ1) is 16.7. The van der Waals surface area contributed by atoms with Crippen molar-refractivity contribution in [3.05, 3.63) is 0 Å². The first-order chi connectivity index (χ1) is 9.94. The minimum absolute atomic E-state index is 0.251. The molecule has 0 bridgehead atoms. The van der Waals surface area contributed by atoms with Crippen molar-refractivity contribution in [1.82, 2.24) is 10.2 Å². The standard InChI is InChI=1S/C16H30N2O3/c1-4-21-14-6-5-9-18(11-14)12(2)10-16(3,15(19)20)17-13-7-8-13/h12-14,17H,4-11H2,1-3H3,(H,19,20). The van der Waals surface area contributed by atoms with E-state index in [1.54, 1.807) is 0 Å². The number of carboxylic acid groups (broad SMARTS) is 1. The molecule has 1 saturated heterocycles. The number of aliphatic carboxylic acids is 1. The predicted molar refractivity (Wildman–Crippen MR) is 82.5 cm³/mol. The highest BCUT2D eigenvalue weighted by atomic mass is 16.5. The van der Waals surface area contributed by atoms with Crippen molar-refractivity contribution in [3.8, 4) is 0 Å². The second-order valence-corrected chi connectivity index (χ2v) is 6.82. The van der Waals surface area contributed by atoms with E-state index in [4.69, 9.17) is 4.74 Å². The van der Waals surface area contributed by atoms with Gasteiger partial charge in [0.1, 0.15) is 5.54 Å². The number of hydrogen-bond acceptors (Lipinski definition) is 4. The Balaban J connectivity index is 1.91. The summed E-state index contributed by atoms with van der Waals surface area (Å²) in [5.74, 6) is -0.736. The highest BCUT2D eigenvalue weighted by Crippen LogP contribution is 2.27. The van der Waals surface area contributed by atoms with Gasteiger partial charge in [-0.25, -0.2) is 0 Å². The van der Waals surface area contributed by atoms with Crippen LogP contribution in [0.25, 0.3) is 0 Å². The molecule has 1 saturated carbocycles. The molecule has 0 spiro atoms. The first-order valence-corrected chi connectivity index (χ1v) is 8.31. The van der Waals surface area contributed by atoms with Gasteiger partial charge >= 0.3 is 5.97 Å². The third-order valence-corrected chi connectivity index (χ3v) is 4.71. The number of hydrogen-bond donors (Lipinski definition) is 2. The van der Waals surface area contributed by atoms with Gasteiger partial charge in [-0.2, -0.15) is 0 Å². The fourth-order valence-corrected chi connectivity index (χ4v) is 3.34. The lowest BCUT2D eigenvalue weighted by Crippen LogP contribution is -2.55. The van der Waals surface area contributed by atoms with Gasteiger partial charge in [0.05, 0.1) is 6.10 Å². The monoisotopic (exact) mass is 298 g/mol. The van der Waals surface area contributed by atoms with Crippen molar-refractivity contribution in [1.29, 1.82) is 0 Å². The Labute approximate surface area is 128 Å². The van der Waals surface area contributed by atoms with Gasteiger partial charge < -0.3 is 9.84 Å². The molecule has 0 aromatic carbocycles. The van der Waals surface area contributed by atoms with Gasteiger partial charge in [-0.1, -0.05) is 0 Å². The van der Waals surface area contributed by atoms with Crippen LogP contribution >= 0.6 is 0 Å². The van der Waals surface area contributed by atoms with Gasteiger partial charge in [-0.05, 0) is 59.4 Å². The summed E-state index contributed by atoms with van der Waals surface area (Å²) in [4.78, 5) is 14.1. The number of likely N-dealkylation sites (tertiary alicyclic amines) is 1. The third-order valence-electron chi connectivity index (χ3n) is 4.71. The van der Waals surface area contributed by atoms with Gasteiger partial charge in [0.2, 0.25) is 0 Å². The number of carboxylic acids is 1. The first-order valence-electron chi connectivity index (χ1n) is 8.31. The van der Waals surface area contributed by atoms with Crippen molar-refractivity contribution in [2.45, 2.75) is 76.6 Å². The Morgan fingerprint density at radius 1 is 1.48 bits per heavy atom. The number of ether oxygens (including phenoxy) is 1. The van der Waals surface area contributed by atoms with Crippen molar-refractivity contribution in [2.24, 2.45) is 0 Å². The van der Waals surface area contributed by atoms with Crippen LogP contribution in [0.2, 0.25) is 0 Å². The van der Waals surface area contributed by atoms with Gasteiger partial charge in [-0.15, -0.1) is 0 Å². The van der Waals surface area contributed by atoms with Crippen LogP contribution in [0.1, 0.15) is 52.9 Å². The molecule has 3 atom stereocenters. The molecule has 1 aliphatic carbocycles. The zero-order valence-electron chi connectivity index (χ0n) is 13.6. The van der Waals surface area contributed by atoms with Gasteiger partial charge in [0, 0.05) is 25.2 Å². The highest BCUT2D eigenvalue weighted by molar-refractivity contribution is 5.78. The molecule has 0 aromatic heterocycles. The topological polar surface area (TPSA) is 61.8 Å². The van der Waals surface area contributed by atoms with Gasteiger partial charge in [0.15, 0.2) is 0 Å². The molecule has 3 unspecified atom stereocenters. The quantitative estimate of drug-likeness (QED) is 0.716. The van der Waals surface area contributed by atoms with Crippen LogP contribution < -0.4 is 5.32 Å². The summed E-state index contributed by atoms with van der Waals surface area (Å²) in [6, 6.07) is 0.649. The normalized spacial score (nSPS) is 28.0. The van der Waals surface area contributed by atoms with E-state index in [1.165, 1.54) is 0 Å². The predicted octanol–water partition coefficient (Wildman–Crippen LogP) is 1.86. The highest BCUT2D eigenvalue weighted by Gasteiger charge is 2.40. The number of nitrogens with zero attached hydrogens (tertiary/aromatic N) is 1. The molecular weight excluding hydrogens is 268 g/mol. The minimum atomic E-state index is -0.820. The average molecular weight is 298 g/mol. The molecule has 21 heavy (non-hydrogen) atoms. The number of rotatable bonds is 8. The Bertz CT molecular complexity index is 357. The fourth-order valence-electron chi connectivity index (χ4n) is 3.34. The summed E-state index contributed by atoms with van der Waals surface area (Å²) in [5.41, 5.74) is -0.820. The van der Waals surface area contributed by atoms with Crippen LogP contribution in [0.5, 0.6) is 0 Å². The van der Waals surface area contributed by atoms with E-state index in [0.717, 1.165) is 45.4 Å².